The number of nitrogens with one attached hydrogen (secondary N) is 1. The molecule has 0 aromatic carbocycles. The second-order valence-corrected chi connectivity index (χ2v) is 4.70. The van der Waals surface area contributed by atoms with Crippen LogP contribution in [-0.2, 0) is 4.74 Å². The molecule has 0 aromatic rings. The number of halogens is 3. The summed E-state index contributed by atoms with van der Waals surface area (Å²) in [5.74, 6) is 0. The predicted molar refractivity (Wildman–Crippen MR) is 66.7 cm³/mol. The molecular formula is C12H25F3N2O. The summed E-state index contributed by atoms with van der Waals surface area (Å²) < 4.78 is 39.6. The molecular weight excluding hydrogens is 245 g/mol. The second kappa shape index (κ2) is 9.58. The van der Waals surface area contributed by atoms with E-state index >= 15 is 0 Å². The van der Waals surface area contributed by atoms with Gasteiger partial charge in [-0.2, -0.15) is 13.2 Å². The van der Waals surface area contributed by atoms with E-state index in [1.54, 1.807) is 0 Å². The third kappa shape index (κ3) is 12.1. The zero-order valence-corrected chi connectivity index (χ0v) is 11.5. The second-order valence-electron chi connectivity index (χ2n) is 4.70. The topological polar surface area (TPSA) is 24.5 Å². The molecule has 6 heteroatoms. The number of alkyl halides is 3. The van der Waals surface area contributed by atoms with E-state index in [1.807, 2.05) is 0 Å². The normalized spacial score (nSPS) is 12.7. The van der Waals surface area contributed by atoms with Gasteiger partial charge in [0.25, 0.3) is 0 Å². The van der Waals surface area contributed by atoms with Gasteiger partial charge in [-0.25, -0.2) is 0 Å². The van der Waals surface area contributed by atoms with Crippen molar-refractivity contribution in [1.82, 2.24) is 10.2 Å². The fourth-order valence-electron chi connectivity index (χ4n) is 1.33. The molecule has 0 aliphatic heterocycles. The van der Waals surface area contributed by atoms with Crippen molar-refractivity contribution in [2.24, 2.45) is 0 Å². The van der Waals surface area contributed by atoms with Gasteiger partial charge >= 0.3 is 6.18 Å². The maximum Gasteiger partial charge on any atom is 0.411 e. The highest BCUT2D eigenvalue weighted by molar-refractivity contribution is 4.57. The van der Waals surface area contributed by atoms with Crippen LogP contribution < -0.4 is 5.32 Å². The summed E-state index contributed by atoms with van der Waals surface area (Å²) in [6, 6.07) is 0.550. The minimum atomic E-state index is -4.22. The maximum atomic E-state index is 11.7. The molecule has 0 saturated carbocycles. The Hall–Kier alpha value is -0.330. The molecule has 0 bridgehead atoms. The molecule has 0 amide bonds. The number of unbranched alkanes of at least 4 members (excludes halogenated alkanes) is 1. The summed E-state index contributed by atoms with van der Waals surface area (Å²) in [6.45, 7) is 5.58. The molecule has 18 heavy (non-hydrogen) atoms. The average molecular weight is 270 g/mol. The first-order valence-electron chi connectivity index (χ1n) is 6.38. The lowest BCUT2D eigenvalue weighted by molar-refractivity contribution is -0.173. The number of nitrogens with zero attached hydrogens (tertiary/aromatic N) is 1. The van der Waals surface area contributed by atoms with Gasteiger partial charge in [0.2, 0.25) is 0 Å². The number of rotatable bonds is 10. The molecule has 0 saturated heterocycles. The van der Waals surface area contributed by atoms with Gasteiger partial charge in [0, 0.05) is 12.6 Å². The van der Waals surface area contributed by atoms with Crippen molar-refractivity contribution in [2.75, 3.05) is 39.9 Å². The van der Waals surface area contributed by atoms with Crippen molar-refractivity contribution in [2.45, 2.75) is 38.9 Å². The van der Waals surface area contributed by atoms with E-state index < -0.39 is 12.8 Å². The molecule has 0 spiro atoms. The minimum absolute atomic E-state index is 0.103. The molecule has 0 heterocycles. The zero-order valence-electron chi connectivity index (χ0n) is 11.5. The van der Waals surface area contributed by atoms with Gasteiger partial charge in [-0.05, 0) is 46.8 Å². The molecule has 0 atom stereocenters. The molecule has 0 aliphatic carbocycles. The van der Waals surface area contributed by atoms with Gasteiger partial charge in [-0.1, -0.05) is 0 Å². The van der Waals surface area contributed by atoms with Gasteiger partial charge in [0.1, 0.15) is 6.61 Å². The van der Waals surface area contributed by atoms with Crippen molar-refractivity contribution < 1.29 is 17.9 Å². The summed E-state index contributed by atoms with van der Waals surface area (Å²) in [6.07, 6.45) is -2.11. The maximum absolute atomic E-state index is 11.7. The number of ether oxygens (including phenoxy) is 1. The highest BCUT2D eigenvalue weighted by Gasteiger charge is 2.27. The Labute approximate surface area is 108 Å². The van der Waals surface area contributed by atoms with Gasteiger partial charge in [-0.3, -0.25) is 0 Å². The first-order valence-corrected chi connectivity index (χ1v) is 6.38. The first-order chi connectivity index (χ1) is 8.33. The molecule has 3 nitrogen and oxygen atoms in total. The van der Waals surface area contributed by atoms with Crippen molar-refractivity contribution in [3.8, 4) is 0 Å². The summed E-state index contributed by atoms with van der Waals surface area (Å²) in [7, 11) is 2.09. The van der Waals surface area contributed by atoms with Gasteiger partial charge in [0.15, 0.2) is 0 Å². The SMILES string of the molecule is CC(C)N(C)CCCCNCCOCC(F)(F)F. The average Bonchev–Trinajstić information content (AvgIpc) is 2.24. The van der Waals surface area contributed by atoms with Crippen LogP contribution >= 0.6 is 0 Å². The van der Waals surface area contributed by atoms with Gasteiger partial charge in [-0.15, -0.1) is 0 Å². The molecule has 0 unspecified atom stereocenters. The van der Waals surface area contributed by atoms with Crippen molar-refractivity contribution in [1.29, 1.82) is 0 Å². The Morgan fingerprint density at radius 3 is 2.39 bits per heavy atom. The molecule has 0 radical (unpaired) electrons. The van der Waals surface area contributed by atoms with E-state index in [4.69, 9.17) is 0 Å². The lowest BCUT2D eigenvalue weighted by Gasteiger charge is -2.20. The predicted octanol–water partition coefficient (Wildman–Crippen LogP) is 2.28. The molecule has 0 aromatic heterocycles. The number of hydrogen-bond donors (Lipinski definition) is 1. The zero-order chi connectivity index (χ0) is 14.0. The third-order valence-electron chi connectivity index (χ3n) is 2.68. The Kier molecular flexibility index (Phi) is 9.40. The highest BCUT2D eigenvalue weighted by atomic mass is 19.4. The molecule has 0 rings (SSSR count). The molecule has 0 fully saturated rings. The fourth-order valence-corrected chi connectivity index (χ4v) is 1.33. The quantitative estimate of drug-likeness (QED) is 0.616. The van der Waals surface area contributed by atoms with Crippen LogP contribution in [0, 0.1) is 0 Å². The highest BCUT2D eigenvalue weighted by Crippen LogP contribution is 2.13. The summed E-state index contributed by atoms with van der Waals surface area (Å²) >= 11 is 0. The Morgan fingerprint density at radius 1 is 1.17 bits per heavy atom. The van der Waals surface area contributed by atoms with Crippen molar-refractivity contribution >= 4 is 0 Å². The van der Waals surface area contributed by atoms with Crippen LogP contribution in [0.4, 0.5) is 13.2 Å². The van der Waals surface area contributed by atoms with E-state index in [1.165, 1.54) is 0 Å². The van der Waals surface area contributed by atoms with Crippen LogP contribution in [-0.4, -0.2) is 57.0 Å². The minimum Gasteiger partial charge on any atom is -0.371 e. The Balaban J connectivity index is 3.17. The van der Waals surface area contributed by atoms with E-state index in [0.29, 0.717) is 12.6 Å². The van der Waals surface area contributed by atoms with Crippen LogP contribution in [0.2, 0.25) is 0 Å². The molecule has 110 valence electrons. The van der Waals surface area contributed by atoms with E-state index in [9.17, 15) is 13.2 Å². The third-order valence-corrected chi connectivity index (χ3v) is 2.68. The van der Waals surface area contributed by atoms with E-state index in [2.05, 4.69) is 35.8 Å². The van der Waals surface area contributed by atoms with Crippen LogP contribution in [0.5, 0.6) is 0 Å². The summed E-state index contributed by atoms with van der Waals surface area (Å²) in [4.78, 5) is 2.27. The molecule has 0 aliphatic rings. The summed E-state index contributed by atoms with van der Waals surface area (Å²) in [5.41, 5.74) is 0. The Morgan fingerprint density at radius 2 is 1.83 bits per heavy atom. The Bertz CT molecular complexity index is 198. The van der Waals surface area contributed by atoms with E-state index in [-0.39, 0.29) is 6.61 Å². The van der Waals surface area contributed by atoms with Crippen LogP contribution in [0.1, 0.15) is 26.7 Å². The van der Waals surface area contributed by atoms with Crippen molar-refractivity contribution in [3.05, 3.63) is 0 Å². The lowest BCUT2D eigenvalue weighted by atomic mass is 10.2. The van der Waals surface area contributed by atoms with Crippen molar-refractivity contribution in [3.63, 3.8) is 0 Å². The van der Waals surface area contributed by atoms with Gasteiger partial charge in [0.05, 0.1) is 6.61 Å². The first kappa shape index (κ1) is 17.7. The smallest absolute Gasteiger partial charge is 0.371 e. The summed E-state index contributed by atoms with van der Waals surface area (Å²) in [5, 5.41) is 3.06. The molecule has 1 N–H and O–H groups in total. The lowest BCUT2D eigenvalue weighted by Crippen LogP contribution is -2.28. The number of hydrogen-bond acceptors (Lipinski definition) is 3. The largest absolute Gasteiger partial charge is 0.411 e. The van der Waals surface area contributed by atoms with Crippen LogP contribution in [0.25, 0.3) is 0 Å². The fraction of sp³-hybridized carbons (Fsp3) is 1.00. The van der Waals surface area contributed by atoms with Gasteiger partial charge < -0.3 is 15.0 Å². The van der Waals surface area contributed by atoms with E-state index in [0.717, 1.165) is 25.9 Å². The van der Waals surface area contributed by atoms with Crippen LogP contribution in [0.3, 0.4) is 0 Å². The monoisotopic (exact) mass is 270 g/mol. The van der Waals surface area contributed by atoms with Crippen LogP contribution in [0.15, 0.2) is 0 Å². The standard InChI is InChI=1S/C12H25F3N2O/c1-11(2)17(3)8-5-4-6-16-7-9-18-10-12(13,14)15/h11,16H,4-10H2,1-3H3.